The molecule has 126 valence electrons. The topological polar surface area (TPSA) is 91.3 Å². The number of rotatable bonds is 7. The van der Waals surface area contributed by atoms with E-state index < -0.39 is 17.9 Å². The van der Waals surface area contributed by atoms with Crippen molar-refractivity contribution in [3.8, 4) is 0 Å². The highest BCUT2D eigenvalue weighted by Crippen LogP contribution is 2.25. The number of nitrogens with one attached hydrogen (secondary N) is 2. The molecule has 0 aliphatic rings. The van der Waals surface area contributed by atoms with Crippen molar-refractivity contribution in [2.24, 2.45) is 0 Å². The van der Waals surface area contributed by atoms with Gasteiger partial charge in [-0.2, -0.15) is 0 Å². The molecule has 3 N–H and O–H groups in total. The summed E-state index contributed by atoms with van der Waals surface area (Å²) in [5.41, 5.74) is 1.28. The van der Waals surface area contributed by atoms with Crippen molar-refractivity contribution >= 4 is 40.8 Å². The first-order chi connectivity index (χ1) is 11.5. The molecule has 6 nitrogen and oxygen atoms in total. The van der Waals surface area contributed by atoms with Gasteiger partial charge in [-0.05, 0) is 29.8 Å². The van der Waals surface area contributed by atoms with E-state index in [4.69, 9.17) is 23.2 Å². The van der Waals surface area contributed by atoms with Crippen LogP contribution in [0.5, 0.6) is 0 Å². The van der Waals surface area contributed by atoms with Gasteiger partial charge in [-0.3, -0.25) is 19.9 Å². The van der Waals surface area contributed by atoms with Crippen LogP contribution in [0.3, 0.4) is 0 Å². The SMILES string of the molecule is O=C(C[C@@H](NCc1cccnc1)C(=O)O)Nc1ccc(Cl)c(Cl)c1. The van der Waals surface area contributed by atoms with Gasteiger partial charge in [-0.25, -0.2) is 0 Å². The Kier molecular flexibility index (Phi) is 6.54. The van der Waals surface area contributed by atoms with E-state index >= 15 is 0 Å². The fourth-order valence-corrected chi connectivity index (χ4v) is 2.26. The van der Waals surface area contributed by atoms with Crippen molar-refractivity contribution in [1.82, 2.24) is 10.3 Å². The summed E-state index contributed by atoms with van der Waals surface area (Å²) in [6, 6.07) is 7.19. The molecule has 0 saturated carbocycles. The van der Waals surface area contributed by atoms with Crippen LogP contribution in [0.15, 0.2) is 42.7 Å². The van der Waals surface area contributed by atoms with Gasteiger partial charge in [-0.15, -0.1) is 0 Å². The molecular weight excluding hydrogens is 353 g/mol. The van der Waals surface area contributed by atoms with Crippen molar-refractivity contribution in [3.05, 3.63) is 58.3 Å². The summed E-state index contributed by atoms with van der Waals surface area (Å²) < 4.78 is 0. The first kappa shape index (κ1) is 18.2. The first-order valence-corrected chi connectivity index (χ1v) is 7.81. The first-order valence-electron chi connectivity index (χ1n) is 7.05. The predicted molar refractivity (Wildman–Crippen MR) is 92.2 cm³/mol. The zero-order valence-electron chi connectivity index (χ0n) is 12.5. The van der Waals surface area contributed by atoms with Crippen LogP contribution < -0.4 is 10.6 Å². The molecule has 1 atom stereocenters. The second-order valence-electron chi connectivity index (χ2n) is 5.01. The van der Waals surface area contributed by atoms with Crippen molar-refractivity contribution in [2.75, 3.05) is 5.32 Å². The third-order valence-electron chi connectivity index (χ3n) is 3.17. The summed E-state index contributed by atoms with van der Waals surface area (Å²) in [6.07, 6.45) is 3.03. The molecule has 1 aromatic carbocycles. The number of nitrogens with zero attached hydrogens (tertiary/aromatic N) is 1. The Morgan fingerprint density at radius 1 is 1.21 bits per heavy atom. The van der Waals surface area contributed by atoms with Crippen LogP contribution in [0, 0.1) is 0 Å². The zero-order chi connectivity index (χ0) is 17.5. The summed E-state index contributed by atoms with van der Waals surface area (Å²) in [7, 11) is 0. The highest BCUT2D eigenvalue weighted by Gasteiger charge is 2.21. The normalized spacial score (nSPS) is 11.8. The number of carbonyl (C=O) groups is 2. The van der Waals surface area contributed by atoms with E-state index in [2.05, 4.69) is 15.6 Å². The van der Waals surface area contributed by atoms with Crippen LogP contribution in [0.25, 0.3) is 0 Å². The second kappa shape index (κ2) is 8.63. The van der Waals surface area contributed by atoms with Gasteiger partial charge >= 0.3 is 5.97 Å². The van der Waals surface area contributed by atoms with E-state index in [-0.39, 0.29) is 6.42 Å². The van der Waals surface area contributed by atoms with E-state index in [1.807, 2.05) is 6.07 Å². The number of carboxylic acids is 1. The van der Waals surface area contributed by atoms with Crippen LogP contribution in [0.4, 0.5) is 5.69 Å². The average molecular weight is 368 g/mol. The number of benzene rings is 1. The summed E-state index contributed by atoms with van der Waals surface area (Å²) in [5, 5.41) is 15.3. The molecule has 1 aromatic heterocycles. The molecule has 0 aliphatic carbocycles. The van der Waals surface area contributed by atoms with E-state index in [0.29, 0.717) is 22.3 Å². The lowest BCUT2D eigenvalue weighted by Gasteiger charge is -2.14. The quantitative estimate of drug-likeness (QED) is 0.699. The Labute approximate surface area is 148 Å². The number of amides is 1. The van der Waals surface area contributed by atoms with Crippen molar-refractivity contribution < 1.29 is 14.7 Å². The van der Waals surface area contributed by atoms with Crippen molar-refractivity contribution in [2.45, 2.75) is 19.0 Å². The minimum atomic E-state index is -1.11. The lowest BCUT2D eigenvalue weighted by molar-refractivity contribution is -0.141. The standard InChI is InChI=1S/C16H15Cl2N3O3/c17-12-4-3-11(6-13(12)18)21-15(22)7-14(16(23)24)20-9-10-2-1-5-19-8-10/h1-6,8,14,20H,7,9H2,(H,21,22)(H,23,24)/t14-/m1/s1. The molecule has 0 unspecified atom stereocenters. The molecular formula is C16H15Cl2N3O3. The maximum Gasteiger partial charge on any atom is 0.321 e. The largest absolute Gasteiger partial charge is 0.480 e. The monoisotopic (exact) mass is 367 g/mol. The third kappa shape index (κ3) is 5.49. The molecule has 1 heterocycles. The maximum absolute atomic E-state index is 12.0. The summed E-state index contributed by atoms with van der Waals surface area (Å²) in [4.78, 5) is 27.3. The summed E-state index contributed by atoms with van der Waals surface area (Å²) in [5.74, 6) is -1.55. The molecule has 0 saturated heterocycles. The van der Waals surface area contributed by atoms with Crippen LogP contribution in [-0.2, 0) is 16.1 Å². The van der Waals surface area contributed by atoms with Gasteiger partial charge in [-0.1, -0.05) is 29.3 Å². The Bertz CT molecular complexity index is 726. The molecule has 2 rings (SSSR count). The van der Waals surface area contributed by atoms with Gasteiger partial charge in [0.25, 0.3) is 0 Å². The zero-order valence-corrected chi connectivity index (χ0v) is 14.0. The van der Waals surface area contributed by atoms with Gasteiger partial charge in [0.1, 0.15) is 6.04 Å². The molecule has 0 bridgehead atoms. The minimum Gasteiger partial charge on any atom is -0.480 e. The molecule has 0 aliphatic heterocycles. The Balaban J connectivity index is 1.92. The second-order valence-corrected chi connectivity index (χ2v) is 5.83. The van der Waals surface area contributed by atoms with Crippen LogP contribution >= 0.6 is 23.2 Å². The van der Waals surface area contributed by atoms with Crippen molar-refractivity contribution in [3.63, 3.8) is 0 Å². The highest BCUT2D eigenvalue weighted by atomic mass is 35.5. The van der Waals surface area contributed by atoms with Crippen LogP contribution in [0.2, 0.25) is 10.0 Å². The van der Waals surface area contributed by atoms with Crippen LogP contribution in [0.1, 0.15) is 12.0 Å². The van der Waals surface area contributed by atoms with Gasteiger partial charge in [0.15, 0.2) is 0 Å². The number of anilines is 1. The van der Waals surface area contributed by atoms with E-state index in [1.165, 1.54) is 6.07 Å². The Hall–Kier alpha value is -2.15. The molecule has 0 spiro atoms. The number of hydrogen-bond donors (Lipinski definition) is 3. The van der Waals surface area contributed by atoms with Crippen molar-refractivity contribution in [1.29, 1.82) is 0 Å². The van der Waals surface area contributed by atoms with Crippen LogP contribution in [-0.4, -0.2) is 28.0 Å². The Morgan fingerprint density at radius 2 is 2.00 bits per heavy atom. The fourth-order valence-electron chi connectivity index (χ4n) is 1.96. The molecule has 0 fully saturated rings. The number of pyridine rings is 1. The maximum atomic E-state index is 12.0. The summed E-state index contributed by atoms with van der Waals surface area (Å²) >= 11 is 11.7. The lowest BCUT2D eigenvalue weighted by atomic mass is 10.1. The number of carbonyl (C=O) groups excluding carboxylic acids is 1. The fraction of sp³-hybridized carbons (Fsp3) is 0.188. The van der Waals surface area contributed by atoms with E-state index in [1.54, 1.807) is 30.6 Å². The lowest BCUT2D eigenvalue weighted by Crippen LogP contribution is -2.39. The smallest absolute Gasteiger partial charge is 0.321 e. The Morgan fingerprint density at radius 3 is 2.62 bits per heavy atom. The molecule has 0 radical (unpaired) electrons. The molecule has 8 heteroatoms. The van der Waals surface area contributed by atoms with E-state index in [0.717, 1.165) is 5.56 Å². The predicted octanol–water partition coefficient (Wildman–Crippen LogP) is 2.96. The number of aliphatic carboxylic acids is 1. The molecule has 24 heavy (non-hydrogen) atoms. The van der Waals surface area contributed by atoms with Gasteiger partial charge in [0.2, 0.25) is 5.91 Å². The number of carboxylic acid groups (broad SMARTS) is 1. The highest BCUT2D eigenvalue weighted by molar-refractivity contribution is 6.42. The van der Waals surface area contributed by atoms with Gasteiger partial charge in [0.05, 0.1) is 16.5 Å². The molecule has 1 amide bonds. The van der Waals surface area contributed by atoms with E-state index in [9.17, 15) is 14.7 Å². The third-order valence-corrected chi connectivity index (χ3v) is 3.91. The number of halogens is 2. The number of aromatic nitrogens is 1. The minimum absolute atomic E-state index is 0.226. The number of hydrogen-bond acceptors (Lipinski definition) is 4. The average Bonchev–Trinajstić information content (AvgIpc) is 2.55. The van der Waals surface area contributed by atoms with Gasteiger partial charge < -0.3 is 10.4 Å². The van der Waals surface area contributed by atoms with Gasteiger partial charge in [0, 0.05) is 24.6 Å². The summed E-state index contributed by atoms with van der Waals surface area (Å²) in [6.45, 7) is 0.296. The molecule has 2 aromatic rings.